The molecule has 5 heteroatoms. The third-order valence-corrected chi connectivity index (χ3v) is 4.28. The molecular weight excluding hydrogens is 240 g/mol. The van der Waals surface area contributed by atoms with E-state index in [0.29, 0.717) is 12.4 Å². The van der Waals surface area contributed by atoms with E-state index in [1.165, 1.54) is 0 Å². The van der Waals surface area contributed by atoms with Gasteiger partial charge in [-0.25, -0.2) is 9.97 Å². The minimum Gasteiger partial charge on any atom is -0.481 e. The average Bonchev–Trinajstić information content (AvgIpc) is 2.47. The molecule has 1 saturated heterocycles. The summed E-state index contributed by atoms with van der Waals surface area (Å²) in [5.41, 5.74) is 8.30. The molecule has 2 N–H and O–H groups in total. The number of likely N-dealkylation sites (tertiary alicyclic amines) is 1. The van der Waals surface area contributed by atoms with Crippen molar-refractivity contribution in [3.05, 3.63) is 17.6 Å². The molecule has 0 spiro atoms. The van der Waals surface area contributed by atoms with Crippen molar-refractivity contribution < 1.29 is 4.74 Å². The fourth-order valence-corrected chi connectivity index (χ4v) is 2.96. The van der Waals surface area contributed by atoms with Crippen LogP contribution in [0.4, 0.5) is 0 Å². The van der Waals surface area contributed by atoms with Crippen LogP contribution >= 0.6 is 0 Å². The second-order valence-electron chi connectivity index (χ2n) is 5.35. The molecule has 106 valence electrons. The summed E-state index contributed by atoms with van der Waals surface area (Å²) in [6.45, 7) is 4.85. The third-order valence-electron chi connectivity index (χ3n) is 4.28. The molecule has 0 aromatic carbocycles. The first-order chi connectivity index (χ1) is 9.16. The standard InChI is InChI=1S/C14H24N4O/c1-4-11-12(13(19-3)17-10-16-11)14(9-15)5-7-18(2)8-6-14/h10H,4-9,15H2,1-3H3. The van der Waals surface area contributed by atoms with Gasteiger partial charge in [-0.05, 0) is 39.4 Å². The Balaban J connectivity index is 2.48. The monoisotopic (exact) mass is 264 g/mol. The lowest BCUT2D eigenvalue weighted by Gasteiger charge is -2.41. The van der Waals surface area contributed by atoms with Gasteiger partial charge in [0.1, 0.15) is 6.33 Å². The molecule has 5 nitrogen and oxygen atoms in total. The lowest BCUT2D eigenvalue weighted by molar-refractivity contribution is 0.186. The molecule has 0 aliphatic carbocycles. The lowest BCUT2D eigenvalue weighted by Crippen LogP contribution is -2.46. The summed E-state index contributed by atoms with van der Waals surface area (Å²) in [6.07, 6.45) is 4.54. The molecule has 0 radical (unpaired) electrons. The first-order valence-electron chi connectivity index (χ1n) is 6.94. The summed E-state index contributed by atoms with van der Waals surface area (Å²) in [5, 5.41) is 0. The Labute approximate surface area is 115 Å². The minimum absolute atomic E-state index is 0.0372. The third kappa shape index (κ3) is 2.58. The maximum absolute atomic E-state index is 6.13. The summed E-state index contributed by atoms with van der Waals surface area (Å²) in [4.78, 5) is 11.1. The minimum atomic E-state index is -0.0372. The van der Waals surface area contributed by atoms with Crippen molar-refractivity contribution in [3.63, 3.8) is 0 Å². The Morgan fingerprint density at radius 2 is 2.05 bits per heavy atom. The van der Waals surface area contributed by atoms with Crippen LogP contribution < -0.4 is 10.5 Å². The van der Waals surface area contributed by atoms with Crippen molar-refractivity contribution in [3.8, 4) is 5.88 Å². The smallest absolute Gasteiger partial charge is 0.220 e. The molecule has 1 aromatic rings. The van der Waals surface area contributed by atoms with Gasteiger partial charge in [0.15, 0.2) is 0 Å². The van der Waals surface area contributed by atoms with Gasteiger partial charge < -0.3 is 15.4 Å². The van der Waals surface area contributed by atoms with E-state index in [-0.39, 0.29) is 5.41 Å². The summed E-state index contributed by atoms with van der Waals surface area (Å²) < 4.78 is 5.47. The summed E-state index contributed by atoms with van der Waals surface area (Å²) >= 11 is 0. The van der Waals surface area contributed by atoms with Crippen molar-refractivity contribution in [1.82, 2.24) is 14.9 Å². The highest BCUT2D eigenvalue weighted by Gasteiger charge is 2.39. The van der Waals surface area contributed by atoms with Crippen LogP contribution in [0, 0.1) is 0 Å². The van der Waals surface area contributed by atoms with Crippen molar-refractivity contribution in [2.75, 3.05) is 33.8 Å². The fourth-order valence-electron chi connectivity index (χ4n) is 2.96. The van der Waals surface area contributed by atoms with Gasteiger partial charge in [0, 0.05) is 17.5 Å². The second kappa shape index (κ2) is 5.84. The van der Waals surface area contributed by atoms with Crippen LogP contribution in [0.1, 0.15) is 31.0 Å². The number of ether oxygens (including phenoxy) is 1. The van der Waals surface area contributed by atoms with E-state index in [0.717, 1.165) is 43.6 Å². The topological polar surface area (TPSA) is 64.3 Å². The average molecular weight is 264 g/mol. The van der Waals surface area contributed by atoms with E-state index in [2.05, 4.69) is 28.8 Å². The Kier molecular flexibility index (Phi) is 4.37. The molecule has 0 amide bonds. The Morgan fingerprint density at radius 3 is 2.58 bits per heavy atom. The van der Waals surface area contributed by atoms with Gasteiger partial charge in [0.2, 0.25) is 5.88 Å². The van der Waals surface area contributed by atoms with E-state index >= 15 is 0 Å². The molecule has 1 aromatic heterocycles. The second-order valence-corrected chi connectivity index (χ2v) is 5.35. The number of methoxy groups -OCH3 is 1. The number of hydrogen-bond donors (Lipinski definition) is 1. The molecule has 1 aliphatic rings. The molecule has 19 heavy (non-hydrogen) atoms. The van der Waals surface area contributed by atoms with Gasteiger partial charge >= 0.3 is 0 Å². The Hall–Kier alpha value is -1.20. The van der Waals surface area contributed by atoms with E-state index in [1.54, 1.807) is 13.4 Å². The molecule has 1 aliphatic heterocycles. The lowest BCUT2D eigenvalue weighted by atomic mass is 9.72. The number of rotatable bonds is 4. The van der Waals surface area contributed by atoms with Crippen molar-refractivity contribution >= 4 is 0 Å². The van der Waals surface area contributed by atoms with E-state index < -0.39 is 0 Å². The van der Waals surface area contributed by atoms with Crippen LogP contribution in [-0.2, 0) is 11.8 Å². The fraction of sp³-hybridized carbons (Fsp3) is 0.714. The van der Waals surface area contributed by atoms with Gasteiger partial charge in [0.05, 0.1) is 12.8 Å². The summed E-state index contributed by atoms with van der Waals surface area (Å²) in [6, 6.07) is 0. The molecule has 0 bridgehead atoms. The first-order valence-corrected chi connectivity index (χ1v) is 6.94. The number of nitrogens with two attached hydrogens (primary N) is 1. The van der Waals surface area contributed by atoms with Crippen molar-refractivity contribution in [1.29, 1.82) is 0 Å². The number of aryl methyl sites for hydroxylation is 1. The maximum atomic E-state index is 6.13. The van der Waals surface area contributed by atoms with Crippen LogP contribution in [0.2, 0.25) is 0 Å². The quantitative estimate of drug-likeness (QED) is 0.878. The zero-order valence-electron chi connectivity index (χ0n) is 12.1. The highest BCUT2D eigenvalue weighted by molar-refractivity contribution is 5.39. The predicted octanol–water partition coefficient (Wildman–Crippen LogP) is 0.970. The first kappa shape index (κ1) is 14.2. The van der Waals surface area contributed by atoms with Crippen LogP contribution in [0.3, 0.4) is 0 Å². The normalized spacial score (nSPS) is 19.4. The molecule has 0 saturated carbocycles. The highest BCUT2D eigenvalue weighted by Crippen LogP contribution is 2.40. The number of piperidine rings is 1. The molecular formula is C14H24N4O. The van der Waals surface area contributed by atoms with E-state index in [4.69, 9.17) is 10.5 Å². The van der Waals surface area contributed by atoms with Crippen LogP contribution in [-0.4, -0.2) is 48.7 Å². The number of nitrogens with zero attached hydrogens (tertiary/aromatic N) is 3. The van der Waals surface area contributed by atoms with Gasteiger partial charge in [-0.2, -0.15) is 0 Å². The highest BCUT2D eigenvalue weighted by atomic mass is 16.5. The Morgan fingerprint density at radius 1 is 1.37 bits per heavy atom. The predicted molar refractivity (Wildman–Crippen MR) is 75.4 cm³/mol. The van der Waals surface area contributed by atoms with E-state index in [1.807, 2.05) is 0 Å². The zero-order valence-corrected chi connectivity index (χ0v) is 12.1. The van der Waals surface area contributed by atoms with Crippen LogP contribution in [0.5, 0.6) is 5.88 Å². The van der Waals surface area contributed by atoms with Crippen LogP contribution in [0.15, 0.2) is 6.33 Å². The van der Waals surface area contributed by atoms with Gasteiger partial charge in [-0.15, -0.1) is 0 Å². The number of hydrogen-bond acceptors (Lipinski definition) is 5. The van der Waals surface area contributed by atoms with Crippen LogP contribution in [0.25, 0.3) is 0 Å². The van der Waals surface area contributed by atoms with E-state index in [9.17, 15) is 0 Å². The Bertz CT molecular complexity index is 405. The summed E-state index contributed by atoms with van der Waals surface area (Å²) in [7, 11) is 3.82. The largest absolute Gasteiger partial charge is 0.481 e. The zero-order chi connectivity index (χ0) is 13.9. The van der Waals surface area contributed by atoms with Gasteiger partial charge in [-0.3, -0.25) is 0 Å². The number of aromatic nitrogens is 2. The maximum Gasteiger partial charge on any atom is 0.220 e. The SMILES string of the molecule is CCc1ncnc(OC)c1C1(CN)CCN(C)CC1. The van der Waals surface area contributed by atoms with Gasteiger partial charge in [0.25, 0.3) is 0 Å². The molecule has 0 unspecified atom stereocenters. The molecule has 2 heterocycles. The van der Waals surface area contributed by atoms with Crippen molar-refractivity contribution in [2.24, 2.45) is 5.73 Å². The van der Waals surface area contributed by atoms with Gasteiger partial charge in [-0.1, -0.05) is 6.92 Å². The molecule has 1 fully saturated rings. The molecule has 2 rings (SSSR count). The van der Waals surface area contributed by atoms with Crippen molar-refractivity contribution in [2.45, 2.75) is 31.6 Å². The summed E-state index contributed by atoms with van der Waals surface area (Å²) in [5.74, 6) is 0.696. The molecule has 0 atom stereocenters.